The normalized spacial score (nSPS) is 18.8. The summed E-state index contributed by atoms with van der Waals surface area (Å²) in [6, 6.07) is 16.8. The lowest BCUT2D eigenvalue weighted by molar-refractivity contribution is 0.233. The lowest BCUT2D eigenvalue weighted by Gasteiger charge is -2.22. The van der Waals surface area contributed by atoms with Gasteiger partial charge in [0.05, 0.1) is 12.6 Å². The van der Waals surface area contributed by atoms with Crippen LogP contribution in [0.4, 0.5) is 0 Å². The standard InChI is InChI=1S/C17H18BrNO/c18-15-8-4-7-14-13(15)9-10-16(14)19-17(11-20)12-5-2-1-3-6-12/h1-8,16-17,19-20H,9-11H2/t16?,17-/m0/s1. The van der Waals surface area contributed by atoms with E-state index in [0.29, 0.717) is 6.04 Å². The summed E-state index contributed by atoms with van der Waals surface area (Å²) in [6.07, 6.45) is 2.17. The molecule has 0 spiro atoms. The molecule has 0 saturated carbocycles. The van der Waals surface area contributed by atoms with E-state index in [1.54, 1.807) is 0 Å². The quantitative estimate of drug-likeness (QED) is 0.894. The highest BCUT2D eigenvalue weighted by molar-refractivity contribution is 9.10. The first kappa shape index (κ1) is 13.8. The Morgan fingerprint density at radius 2 is 1.95 bits per heavy atom. The molecule has 104 valence electrons. The first-order valence-electron chi connectivity index (χ1n) is 6.98. The highest BCUT2D eigenvalue weighted by Gasteiger charge is 2.26. The van der Waals surface area contributed by atoms with Crippen LogP contribution in [0.25, 0.3) is 0 Å². The van der Waals surface area contributed by atoms with E-state index in [9.17, 15) is 5.11 Å². The summed E-state index contributed by atoms with van der Waals surface area (Å²) < 4.78 is 1.19. The van der Waals surface area contributed by atoms with Crippen LogP contribution >= 0.6 is 15.9 Å². The molecule has 0 saturated heterocycles. The second-order valence-electron chi connectivity index (χ2n) is 5.21. The van der Waals surface area contributed by atoms with Gasteiger partial charge in [0, 0.05) is 10.5 Å². The Kier molecular flexibility index (Phi) is 4.20. The fourth-order valence-corrected chi connectivity index (χ4v) is 3.55. The van der Waals surface area contributed by atoms with Crippen LogP contribution in [0.15, 0.2) is 53.0 Å². The van der Waals surface area contributed by atoms with Crippen molar-refractivity contribution >= 4 is 15.9 Å². The Morgan fingerprint density at radius 3 is 2.70 bits per heavy atom. The fourth-order valence-electron chi connectivity index (χ4n) is 2.97. The number of benzene rings is 2. The van der Waals surface area contributed by atoms with Crippen LogP contribution < -0.4 is 5.32 Å². The second kappa shape index (κ2) is 6.08. The topological polar surface area (TPSA) is 32.3 Å². The lowest BCUT2D eigenvalue weighted by atomic mass is 10.0. The largest absolute Gasteiger partial charge is 0.394 e. The number of nitrogens with one attached hydrogen (secondary N) is 1. The molecule has 2 nitrogen and oxygen atoms in total. The van der Waals surface area contributed by atoms with Crippen molar-refractivity contribution < 1.29 is 5.11 Å². The highest BCUT2D eigenvalue weighted by Crippen LogP contribution is 2.36. The molecule has 0 radical (unpaired) electrons. The predicted molar refractivity (Wildman–Crippen MR) is 84.6 cm³/mol. The summed E-state index contributed by atoms with van der Waals surface area (Å²) in [5.41, 5.74) is 3.89. The summed E-state index contributed by atoms with van der Waals surface area (Å²) in [5.74, 6) is 0. The van der Waals surface area contributed by atoms with Crippen LogP contribution in [0.1, 0.15) is 35.2 Å². The lowest BCUT2D eigenvalue weighted by Crippen LogP contribution is -2.27. The maximum Gasteiger partial charge on any atom is 0.0626 e. The third-order valence-electron chi connectivity index (χ3n) is 4.00. The monoisotopic (exact) mass is 331 g/mol. The van der Waals surface area contributed by atoms with Crippen molar-refractivity contribution in [3.05, 3.63) is 69.7 Å². The van der Waals surface area contributed by atoms with Crippen molar-refractivity contribution in [1.82, 2.24) is 5.32 Å². The Bertz CT molecular complexity index is 585. The number of aliphatic hydroxyl groups excluding tert-OH is 1. The molecule has 0 amide bonds. The minimum atomic E-state index is -0.00821. The van der Waals surface area contributed by atoms with E-state index in [1.165, 1.54) is 15.6 Å². The third kappa shape index (κ3) is 2.66. The zero-order valence-electron chi connectivity index (χ0n) is 11.2. The minimum Gasteiger partial charge on any atom is -0.394 e. The number of hydrogen-bond donors (Lipinski definition) is 2. The van der Waals surface area contributed by atoms with Crippen LogP contribution in [0, 0.1) is 0 Å². The molecule has 2 aromatic rings. The average Bonchev–Trinajstić information content (AvgIpc) is 2.90. The first-order valence-corrected chi connectivity index (χ1v) is 7.78. The van der Waals surface area contributed by atoms with Gasteiger partial charge in [0.2, 0.25) is 0 Å². The van der Waals surface area contributed by atoms with Crippen molar-refractivity contribution in [3.8, 4) is 0 Å². The van der Waals surface area contributed by atoms with Gasteiger partial charge in [-0.05, 0) is 35.6 Å². The third-order valence-corrected chi connectivity index (χ3v) is 4.74. The van der Waals surface area contributed by atoms with Gasteiger partial charge in [-0.3, -0.25) is 0 Å². The number of aliphatic hydroxyl groups is 1. The Morgan fingerprint density at radius 1 is 1.15 bits per heavy atom. The van der Waals surface area contributed by atoms with E-state index >= 15 is 0 Å². The molecular formula is C17H18BrNO. The van der Waals surface area contributed by atoms with E-state index in [2.05, 4.69) is 51.6 Å². The molecule has 20 heavy (non-hydrogen) atoms. The van der Waals surface area contributed by atoms with Gasteiger partial charge in [-0.15, -0.1) is 0 Å². The van der Waals surface area contributed by atoms with Crippen LogP contribution in [0.3, 0.4) is 0 Å². The maximum absolute atomic E-state index is 9.67. The molecule has 0 heterocycles. The van der Waals surface area contributed by atoms with Gasteiger partial charge in [0.15, 0.2) is 0 Å². The number of fused-ring (bicyclic) bond motifs is 1. The van der Waals surface area contributed by atoms with Crippen molar-refractivity contribution in [1.29, 1.82) is 0 Å². The summed E-state index contributed by atoms with van der Waals surface area (Å²) >= 11 is 3.63. The minimum absolute atomic E-state index is 0.00821. The molecule has 2 aromatic carbocycles. The molecule has 3 rings (SSSR count). The van der Waals surface area contributed by atoms with Gasteiger partial charge in [-0.1, -0.05) is 58.4 Å². The average molecular weight is 332 g/mol. The van der Waals surface area contributed by atoms with E-state index in [-0.39, 0.29) is 12.6 Å². The highest BCUT2D eigenvalue weighted by atomic mass is 79.9. The van der Waals surface area contributed by atoms with Gasteiger partial charge in [-0.25, -0.2) is 0 Å². The van der Waals surface area contributed by atoms with Crippen molar-refractivity contribution in [2.45, 2.75) is 24.9 Å². The van der Waals surface area contributed by atoms with Gasteiger partial charge >= 0.3 is 0 Å². The molecule has 0 fully saturated rings. The van der Waals surface area contributed by atoms with E-state index in [1.807, 2.05) is 18.2 Å². The maximum atomic E-state index is 9.67. The molecule has 0 aromatic heterocycles. The molecule has 0 aliphatic heterocycles. The molecule has 1 aliphatic rings. The van der Waals surface area contributed by atoms with Crippen molar-refractivity contribution in [2.24, 2.45) is 0 Å². The summed E-state index contributed by atoms with van der Waals surface area (Å²) in [5, 5.41) is 13.3. The SMILES string of the molecule is OC[C@H](NC1CCc2c(Br)cccc21)c1ccccc1. The van der Waals surface area contributed by atoms with Crippen LogP contribution in [-0.2, 0) is 6.42 Å². The summed E-state index contributed by atoms with van der Waals surface area (Å²) in [6.45, 7) is 0.115. The smallest absolute Gasteiger partial charge is 0.0626 e. The predicted octanol–water partition coefficient (Wildman–Crippen LogP) is 3.76. The molecule has 1 aliphatic carbocycles. The first-order chi connectivity index (χ1) is 9.79. The summed E-state index contributed by atoms with van der Waals surface area (Å²) in [4.78, 5) is 0. The van der Waals surface area contributed by atoms with Gasteiger partial charge in [0.25, 0.3) is 0 Å². The Labute approximate surface area is 128 Å². The molecule has 2 atom stereocenters. The Hall–Kier alpha value is -1.16. The van der Waals surface area contributed by atoms with Crippen molar-refractivity contribution in [2.75, 3.05) is 6.61 Å². The van der Waals surface area contributed by atoms with Gasteiger partial charge in [-0.2, -0.15) is 0 Å². The molecule has 2 N–H and O–H groups in total. The molecule has 0 bridgehead atoms. The zero-order chi connectivity index (χ0) is 13.9. The zero-order valence-corrected chi connectivity index (χ0v) is 12.8. The van der Waals surface area contributed by atoms with E-state index in [0.717, 1.165) is 18.4 Å². The number of rotatable bonds is 4. The molecule has 1 unspecified atom stereocenters. The molecule has 3 heteroatoms. The van der Waals surface area contributed by atoms with Crippen LogP contribution in [-0.4, -0.2) is 11.7 Å². The second-order valence-corrected chi connectivity index (χ2v) is 6.07. The number of hydrogen-bond acceptors (Lipinski definition) is 2. The van der Waals surface area contributed by atoms with Crippen LogP contribution in [0.2, 0.25) is 0 Å². The van der Waals surface area contributed by atoms with Crippen molar-refractivity contribution in [3.63, 3.8) is 0 Å². The Balaban J connectivity index is 1.81. The fraction of sp³-hybridized carbons (Fsp3) is 0.294. The van der Waals surface area contributed by atoms with E-state index in [4.69, 9.17) is 0 Å². The van der Waals surface area contributed by atoms with Gasteiger partial charge < -0.3 is 10.4 Å². The van der Waals surface area contributed by atoms with Crippen LogP contribution in [0.5, 0.6) is 0 Å². The number of halogens is 1. The molecular weight excluding hydrogens is 314 g/mol. The van der Waals surface area contributed by atoms with E-state index < -0.39 is 0 Å². The summed E-state index contributed by atoms with van der Waals surface area (Å²) in [7, 11) is 0. The van der Waals surface area contributed by atoms with Gasteiger partial charge in [0.1, 0.15) is 0 Å².